The van der Waals surface area contributed by atoms with Gasteiger partial charge in [-0.25, -0.2) is 0 Å². The Morgan fingerprint density at radius 1 is 1.50 bits per heavy atom. The molecule has 60 valence electrons. The van der Waals surface area contributed by atoms with E-state index in [0.717, 1.165) is 12.8 Å². The molecule has 0 aliphatic carbocycles. The van der Waals surface area contributed by atoms with Gasteiger partial charge in [-0.1, -0.05) is 33.3 Å². The Kier molecular flexibility index (Phi) is 3.48. The second-order valence-corrected chi connectivity index (χ2v) is 3.29. The van der Waals surface area contributed by atoms with Gasteiger partial charge in [0.15, 0.2) is 0 Å². The van der Waals surface area contributed by atoms with Gasteiger partial charge in [-0.15, -0.1) is 5.76 Å². The van der Waals surface area contributed by atoms with E-state index in [1.807, 2.05) is 13.8 Å². The van der Waals surface area contributed by atoms with Crippen molar-refractivity contribution in [2.24, 2.45) is 5.41 Å². The minimum absolute atomic E-state index is 0.135. The number of allylic oxidation sites excluding steroid dienone is 2. The lowest BCUT2D eigenvalue weighted by Crippen LogP contribution is -2.23. The van der Waals surface area contributed by atoms with Gasteiger partial charge >= 0.3 is 0 Å². The summed E-state index contributed by atoms with van der Waals surface area (Å²) in [5.41, 5.74) is -0.135. The summed E-state index contributed by atoms with van der Waals surface area (Å²) in [5.74, 6) is 0.259. The molecule has 0 unspecified atom stereocenters. The van der Waals surface area contributed by atoms with Crippen molar-refractivity contribution in [3.63, 3.8) is 0 Å². The van der Waals surface area contributed by atoms with Crippen molar-refractivity contribution in [1.29, 1.82) is 0 Å². The van der Waals surface area contributed by atoms with Crippen LogP contribution in [-0.4, -0.2) is 0 Å². The summed E-state index contributed by atoms with van der Waals surface area (Å²) in [4.78, 5) is 0. The average Bonchev–Trinajstić information content (AvgIpc) is 1.86. The van der Waals surface area contributed by atoms with Crippen LogP contribution in [0.15, 0.2) is 11.8 Å². The SMILES string of the molecule is CC=C([O-])C(C)(C)CCC. The zero-order valence-corrected chi connectivity index (χ0v) is 7.40. The second kappa shape index (κ2) is 3.65. The third-order valence-corrected chi connectivity index (χ3v) is 1.80. The molecule has 0 aliphatic heterocycles. The quantitative estimate of drug-likeness (QED) is 0.552. The molecule has 0 saturated heterocycles. The van der Waals surface area contributed by atoms with Crippen LogP contribution in [0.3, 0.4) is 0 Å². The smallest absolute Gasteiger partial charge is 0.0249 e. The topological polar surface area (TPSA) is 23.1 Å². The molecule has 0 heterocycles. The summed E-state index contributed by atoms with van der Waals surface area (Å²) in [7, 11) is 0. The van der Waals surface area contributed by atoms with Crippen molar-refractivity contribution in [2.75, 3.05) is 0 Å². The Morgan fingerprint density at radius 3 is 2.30 bits per heavy atom. The maximum absolute atomic E-state index is 11.2. The first-order chi connectivity index (χ1) is 4.54. The van der Waals surface area contributed by atoms with Gasteiger partial charge in [0.2, 0.25) is 0 Å². The van der Waals surface area contributed by atoms with E-state index in [1.165, 1.54) is 0 Å². The molecule has 0 bridgehead atoms. The molecule has 0 amide bonds. The van der Waals surface area contributed by atoms with Crippen LogP contribution < -0.4 is 5.11 Å². The van der Waals surface area contributed by atoms with Crippen molar-refractivity contribution >= 4 is 0 Å². The molecular weight excluding hydrogens is 124 g/mol. The first-order valence-electron chi connectivity index (χ1n) is 3.88. The van der Waals surface area contributed by atoms with Crippen LogP contribution in [0.2, 0.25) is 0 Å². The Morgan fingerprint density at radius 2 is 2.00 bits per heavy atom. The highest BCUT2D eigenvalue weighted by Crippen LogP contribution is 2.27. The van der Waals surface area contributed by atoms with Crippen molar-refractivity contribution < 1.29 is 5.11 Å². The second-order valence-electron chi connectivity index (χ2n) is 3.29. The Balaban J connectivity index is 4.10. The van der Waals surface area contributed by atoms with E-state index in [4.69, 9.17) is 0 Å². The first-order valence-corrected chi connectivity index (χ1v) is 3.88. The van der Waals surface area contributed by atoms with Gasteiger partial charge in [0.05, 0.1) is 0 Å². The van der Waals surface area contributed by atoms with Crippen LogP contribution in [0, 0.1) is 5.41 Å². The minimum atomic E-state index is -0.135. The standard InChI is InChI=1S/C9H18O/c1-5-7-9(3,4)8(10)6-2/h6,10H,5,7H2,1-4H3/p-1. The fraction of sp³-hybridized carbons (Fsp3) is 0.778. The number of hydrogen-bond acceptors (Lipinski definition) is 1. The maximum atomic E-state index is 11.2. The normalized spacial score (nSPS) is 13.8. The molecule has 0 spiro atoms. The van der Waals surface area contributed by atoms with Gasteiger partial charge in [-0.2, -0.15) is 0 Å². The van der Waals surface area contributed by atoms with E-state index in [0.29, 0.717) is 0 Å². The molecule has 0 aromatic carbocycles. The lowest BCUT2D eigenvalue weighted by Gasteiger charge is -2.32. The average molecular weight is 141 g/mol. The molecule has 0 atom stereocenters. The third kappa shape index (κ3) is 2.42. The molecule has 0 aromatic heterocycles. The molecule has 10 heavy (non-hydrogen) atoms. The Bertz CT molecular complexity index is 123. The van der Waals surface area contributed by atoms with E-state index in [9.17, 15) is 5.11 Å². The fourth-order valence-electron chi connectivity index (χ4n) is 1.14. The molecule has 0 saturated carbocycles. The summed E-state index contributed by atoms with van der Waals surface area (Å²) in [6.45, 7) is 7.90. The molecule has 0 aromatic rings. The molecule has 0 rings (SSSR count). The third-order valence-electron chi connectivity index (χ3n) is 1.80. The fourth-order valence-corrected chi connectivity index (χ4v) is 1.14. The van der Waals surface area contributed by atoms with E-state index < -0.39 is 0 Å². The predicted molar refractivity (Wildman–Crippen MR) is 42.4 cm³/mol. The first kappa shape index (κ1) is 9.54. The zero-order valence-electron chi connectivity index (χ0n) is 7.40. The van der Waals surface area contributed by atoms with Gasteiger partial charge < -0.3 is 5.11 Å². The van der Waals surface area contributed by atoms with Gasteiger partial charge in [-0.05, 0) is 18.8 Å². The number of hydrogen-bond donors (Lipinski definition) is 0. The molecule has 0 radical (unpaired) electrons. The molecular formula is C9H17O-. The van der Waals surface area contributed by atoms with Crippen LogP contribution in [0.5, 0.6) is 0 Å². The monoisotopic (exact) mass is 141 g/mol. The summed E-state index contributed by atoms with van der Waals surface area (Å²) in [6, 6.07) is 0. The molecule has 1 nitrogen and oxygen atoms in total. The summed E-state index contributed by atoms with van der Waals surface area (Å²) < 4.78 is 0. The van der Waals surface area contributed by atoms with E-state index >= 15 is 0 Å². The van der Waals surface area contributed by atoms with Crippen LogP contribution in [0.1, 0.15) is 40.5 Å². The molecule has 0 fully saturated rings. The van der Waals surface area contributed by atoms with Crippen LogP contribution in [0.25, 0.3) is 0 Å². The Labute approximate surface area is 63.8 Å². The highest BCUT2D eigenvalue weighted by atomic mass is 16.3. The maximum Gasteiger partial charge on any atom is -0.0249 e. The predicted octanol–water partition coefficient (Wildman–Crippen LogP) is 2.08. The molecule has 1 heteroatoms. The molecule has 0 aliphatic rings. The van der Waals surface area contributed by atoms with Gasteiger partial charge in [0.1, 0.15) is 0 Å². The van der Waals surface area contributed by atoms with E-state index in [1.54, 1.807) is 13.0 Å². The Hall–Kier alpha value is -0.460. The summed E-state index contributed by atoms with van der Waals surface area (Å²) in [6.07, 6.45) is 3.72. The summed E-state index contributed by atoms with van der Waals surface area (Å²) >= 11 is 0. The highest BCUT2D eigenvalue weighted by Gasteiger charge is 2.13. The summed E-state index contributed by atoms with van der Waals surface area (Å²) in [5, 5.41) is 11.2. The van der Waals surface area contributed by atoms with Crippen molar-refractivity contribution in [3.8, 4) is 0 Å². The van der Waals surface area contributed by atoms with Crippen LogP contribution >= 0.6 is 0 Å². The van der Waals surface area contributed by atoms with Crippen LogP contribution in [0.4, 0.5) is 0 Å². The lowest BCUT2D eigenvalue weighted by molar-refractivity contribution is -0.324. The van der Waals surface area contributed by atoms with Crippen molar-refractivity contribution in [3.05, 3.63) is 11.8 Å². The highest BCUT2D eigenvalue weighted by molar-refractivity contribution is 4.99. The minimum Gasteiger partial charge on any atom is -0.875 e. The van der Waals surface area contributed by atoms with Gasteiger partial charge in [0, 0.05) is 0 Å². The molecule has 0 N–H and O–H groups in total. The van der Waals surface area contributed by atoms with Crippen molar-refractivity contribution in [2.45, 2.75) is 40.5 Å². The van der Waals surface area contributed by atoms with E-state index in [-0.39, 0.29) is 11.2 Å². The largest absolute Gasteiger partial charge is 0.875 e. The van der Waals surface area contributed by atoms with Crippen LogP contribution in [-0.2, 0) is 0 Å². The van der Waals surface area contributed by atoms with Gasteiger partial charge in [-0.3, -0.25) is 0 Å². The number of rotatable bonds is 3. The van der Waals surface area contributed by atoms with Gasteiger partial charge in [0.25, 0.3) is 0 Å². The van der Waals surface area contributed by atoms with E-state index in [2.05, 4.69) is 6.92 Å². The van der Waals surface area contributed by atoms with Crippen molar-refractivity contribution in [1.82, 2.24) is 0 Å². The lowest BCUT2D eigenvalue weighted by atomic mass is 9.86. The zero-order chi connectivity index (χ0) is 8.20.